The summed E-state index contributed by atoms with van der Waals surface area (Å²) in [6.45, 7) is 1.68. The number of hydrogen-bond acceptors (Lipinski definition) is 4. The molecule has 0 spiro atoms. The van der Waals surface area contributed by atoms with Crippen LogP contribution >= 0.6 is 0 Å². The Kier molecular flexibility index (Phi) is 3.50. The highest BCUT2D eigenvalue weighted by atomic mass is 19.1. The molecule has 4 aromatic rings. The van der Waals surface area contributed by atoms with Crippen molar-refractivity contribution in [3.63, 3.8) is 0 Å². The minimum absolute atomic E-state index is 0.192. The minimum atomic E-state index is -0.426. The fraction of sp³-hybridized carbons (Fsp3) is 0.0588. The van der Waals surface area contributed by atoms with Crippen LogP contribution in [0.5, 0.6) is 0 Å². The summed E-state index contributed by atoms with van der Waals surface area (Å²) in [7, 11) is 0. The molecule has 0 fully saturated rings. The maximum Gasteiger partial charge on any atom is 0.280 e. The number of imidazole rings is 1. The third-order valence-corrected chi connectivity index (χ3v) is 3.81. The third kappa shape index (κ3) is 2.63. The second kappa shape index (κ2) is 5.82. The van der Waals surface area contributed by atoms with Crippen LogP contribution in [0.3, 0.4) is 0 Å². The number of rotatable bonds is 3. The van der Waals surface area contributed by atoms with Gasteiger partial charge in [-0.25, -0.2) is 9.37 Å². The van der Waals surface area contributed by atoms with E-state index >= 15 is 0 Å². The molecule has 0 saturated heterocycles. The summed E-state index contributed by atoms with van der Waals surface area (Å²) < 4.78 is 15.0. The number of carbonyl (C=O) groups excluding carboxylic acids is 1. The first-order chi connectivity index (χ1) is 12.1. The monoisotopic (exact) mass is 336 g/mol. The number of H-pyrrole nitrogens is 1. The number of carbonyl (C=O) groups is 1. The number of aryl methyl sites for hydroxylation is 1. The molecule has 0 unspecified atom stereocenters. The largest absolute Gasteiger partial charge is 0.290 e. The Morgan fingerprint density at radius 3 is 2.60 bits per heavy atom. The van der Waals surface area contributed by atoms with E-state index in [0.29, 0.717) is 22.8 Å². The number of nitrogens with one attached hydrogen (secondary N) is 2. The molecule has 4 rings (SSSR count). The molecule has 0 atom stereocenters. The van der Waals surface area contributed by atoms with Gasteiger partial charge in [-0.1, -0.05) is 12.1 Å². The highest BCUT2D eigenvalue weighted by molar-refractivity contribution is 6.03. The molecule has 1 amide bonds. The molecule has 7 nitrogen and oxygen atoms in total. The van der Waals surface area contributed by atoms with Crippen molar-refractivity contribution >= 4 is 22.9 Å². The van der Waals surface area contributed by atoms with Gasteiger partial charge in [-0.15, -0.1) is 0 Å². The Bertz CT molecular complexity index is 1070. The van der Waals surface area contributed by atoms with Gasteiger partial charge in [-0.2, -0.15) is 15.4 Å². The van der Waals surface area contributed by atoms with E-state index < -0.39 is 5.91 Å². The average molecular weight is 336 g/mol. The molecule has 0 aliphatic heterocycles. The van der Waals surface area contributed by atoms with Crippen molar-refractivity contribution in [2.45, 2.75) is 6.92 Å². The zero-order valence-corrected chi connectivity index (χ0v) is 13.2. The van der Waals surface area contributed by atoms with Gasteiger partial charge in [0.25, 0.3) is 5.91 Å². The van der Waals surface area contributed by atoms with E-state index in [-0.39, 0.29) is 11.5 Å². The van der Waals surface area contributed by atoms with Crippen LogP contribution in [0, 0.1) is 12.7 Å². The zero-order valence-electron chi connectivity index (χ0n) is 13.2. The number of fused-ring (bicyclic) bond motifs is 1. The number of halogens is 1. The van der Waals surface area contributed by atoms with Gasteiger partial charge < -0.3 is 0 Å². The number of anilines is 1. The second-order valence-corrected chi connectivity index (χ2v) is 5.45. The number of benzene rings is 2. The zero-order chi connectivity index (χ0) is 17.4. The van der Waals surface area contributed by atoms with Crippen molar-refractivity contribution in [3.05, 3.63) is 65.7 Å². The van der Waals surface area contributed by atoms with Crippen molar-refractivity contribution in [3.8, 4) is 5.69 Å². The van der Waals surface area contributed by atoms with E-state index in [1.54, 1.807) is 23.6 Å². The molecular formula is C17H13FN6O. The summed E-state index contributed by atoms with van der Waals surface area (Å²) in [6, 6.07) is 13.4. The quantitative estimate of drug-likeness (QED) is 0.602. The molecule has 124 valence electrons. The molecule has 2 heterocycles. The van der Waals surface area contributed by atoms with Gasteiger partial charge in [-0.3, -0.25) is 14.7 Å². The molecule has 0 aliphatic carbocycles. The van der Waals surface area contributed by atoms with Gasteiger partial charge >= 0.3 is 0 Å². The normalized spacial score (nSPS) is 11.0. The number of nitrogens with zero attached hydrogens (tertiary/aromatic N) is 4. The van der Waals surface area contributed by atoms with Crippen LogP contribution in [0.2, 0.25) is 0 Å². The summed E-state index contributed by atoms with van der Waals surface area (Å²) in [4.78, 5) is 16.9. The van der Waals surface area contributed by atoms with Gasteiger partial charge in [0.15, 0.2) is 5.69 Å². The lowest BCUT2D eigenvalue weighted by atomic mass is 10.2. The van der Waals surface area contributed by atoms with Gasteiger partial charge in [-0.05, 0) is 43.3 Å². The highest BCUT2D eigenvalue weighted by Gasteiger charge is 2.18. The van der Waals surface area contributed by atoms with Crippen molar-refractivity contribution in [2.75, 3.05) is 5.32 Å². The summed E-state index contributed by atoms with van der Waals surface area (Å²) in [5, 5.41) is 12.9. The topological polar surface area (TPSA) is 88.5 Å². The van der Waals surface area contributed by atoms with Gasteiger partial charge in [0, 0.05) is 5.69 Å². The standard InChI is InChI=1S/C17H13FN6O/c1-10-15(22-23-21-10)16(25)20-17-19-13-4-2-3-5-14(13)24(17)12-8-6-11(18)7-9-12/h2-9H,1H3,(H,19,20,25)(H,21,22,23). The predicted octanol–water partition coefficient (Wildman–Crippen LogP) is 2.84. The first-order valence-corrected chi connectivity index (χ1v) is 7.55. The molecule has 0 bridgehead atoms. The van der Waals surface area contributed by atoms with Crippen LogP contribution in [-0.4, -0.2) is 30.9 Å². The Labute approximate surface area is 141 Å². The Hall–Kier alpha value is -3.55. The van der Waals surface area contributed by atoms with Crippen LogP contribution in [0.4, 0.5) is 10.3 Å². The van der Waals surface area contributed by atoms with Crippen LogP contribution in [0.25, 0.3) is 16.7 Å². The van der Waals surface area contributed by atoms with Crippen molar-refractivity contribution < 1.29 is 9.18 Å². The molecule has 25 heavy (non-hydrogen) atoms. The molecule has 2 N–H and O–H groups in total. The molecule has 0 saturated carbocycles. The van der Waals surface area contributed by atoms with E-state index in [9.17, 15) is 9.18 Å². The average Bonchev–Trinajstić information content (AvgIpc) is 3.19. The lowest BCUT2D eigenvalue weighted by Crippen LogP contribution is -2.17. The summed E-state index contributed by atoms with van der Waals surface area (Å²) >= 11 is 0. The molecule has 2 aromatic heterocycles. The fourth-order valence-corrected chi connectivity index (χ4v) is 2.62. The van der Waals surface area contributed by atoms with E-state index in [2.05, 4.69) is 25.7 Å². The van der Waals surface area contributed by atoms with Crippen molar-refractivity contribution in [1.82, 2.24) is 25.0 Å². The fourth-order valence-electron chi connectivity index (χ4n) is 2.62. The van der Waals surface area contributed by atoms with E-state index in [4.69, 9.17) is 0 Å². The third-order valence-electron chi connectivity index (χ3n) is 3.81. The summed E-state index contributed by atoms with van der Waals surface area (Å²) in [5.74, 6) is -0.442. The lowest BCUT2D eigenvalue weighted by Gasteiger charge is -2.09. The SMILES string of the molecule is Cc1n[nH]nc1C(=O)Nc1nc2ccccc2n1-c1ccc(F)cc1. The number of para-hydroxylation sites is 2. The summed E-state index contributed by atoms with van der Waals surface area (Å²) in [6.07, 6.45) is 0. The number of aromatic nitrogens is 5. The van der Waals surface area contributed by atoms with E-state index in [0.717, 1.165) is 5.52 Å². The molecular weight excluding hydrogens is 323 g/mol. The molecule has 0 aliphatic rings. The lowest BCUT2D eigenvalue weighted by molar-refractivity contribution is 0.102. The van der Waals surface area contributed by atoms with Crippen molar-refractivity contribution in [2.24, 2.45) is 0 Å². The van der Waals surface area contributed by atoms with Crippen LogP contribution < -0.4 is 5.32 Å². The van der Waals surface area contributed by atoms with Gasteiger partial charge in [0.05, 0.1) is 16.7 Å². The van der Waals surface area contributed by atoms with E-state index in [1.807, 2.05) is 24.3 Å². The Morgan fingerprint density at radius 1 is 1.12 bits per heavy atom. The van der Waals surface area contributed by atoms with Crippen LogP contribution in [0.1, 0.15) is 16.2 Å². The minimum Gasteiger partial charge on any atom is -0.290 e. The van der Waals surface area contributed by atoms with Crippen LogP contribution in [0.15, 0.2) is 48.5 Å². The maximum absolute atomic E-state index is 13.3. The molecule has 0 radical (unpaired) electrons. The van der Waals surface area contributed by atoms with Gasteiger partial charge in [0.1, 0.15) is 5.82 Å². The smallest absolute Gasteiger partial charge is 0.280 e. The highest BCUT2D eigenvalue weighted by Crippen LogP contribution is 2.25. The number of amides is 1. The first-order valence-electron chi connectivity index (χ1n) is 7.55. The molecule has 2 aromatic carbocycles. The second-order valence-electron chi connectivity index (χ2n) is 5.45. The Balaban J connectivity index is 1.83. The molecule has 8 heteroatoms. The van der Waals surface area contributed by atoms with E-state index in [1.165, 1.54) is 12.1 Å². The maximum atomic E-state index is 13.3. The number of hydrogen-bond donors (Lipinski definition) is 2. The van der Waals surface area contributed by atoms with Crippen LogP contribution in [-0.2, 0) is 0 Å². The number of aromatic amines is 1. The first kappa shape index (κ1) is 15.0. The predicted molar refractivity (Wildman–Crippen MR) is 90.1 cm³/mol. The van der Waals surface area contributed by atoms with Gasteiger partial charge in [0.2, 0.25) is 5.95 Å². The summed E-state index contributed by atoms with van der Waals surface area (Å²) in [5.41, 5.74) is 2.86. The Morgan fingerprint density at radius 2 is 1.88 bits per heavy atom. The van der Waals surface area contributed by atoms with Crippen molar-refractivity contribution in [1.29, 1.82) is 0 Å².